The Labute approximate surface area is 136 Å². The number of hydrogen-bond acceptors (Lipinski definition) is 4. The lowest BCUT2D eigenvalue weighted by molar-refractivity contribution is -0.134. The number of fused-ring (bicyclic) bond motifs is 1. The second-order valence-corrected chi connectivity index (χ2v) is 6.41. The summed E-state index contributed by atoms with van der Waals surface area (Å²) in [5.74, 6) is 1.51. The standard InChI is InChI=1S/C18H24N2O3/c1-12-5-6-20(14(7-12)10-19)18(21)8-13-11-23-17-9-15(22-2)3-4-16(13)17/h3-4,9,11-12,14H,5-8,10,19H2,1-2H3. The van der Waals surface area contributed by atoms with E-state index in [-0.39, 0.29) is 11.9 Å². The highest BCUT2D eigenvalue weighted by molar-refractivity contribution is 5.88. The molecule has 1 fully saturated rings. The fraction of sp³-hybridized carbons (Fsp3) is 0.500. The van der Waals surface area contributed by atoms with Crippen LogP contribution >= 0.6 is 0 Å². The Balaban J connectivity index is 1.77. The molecule has 0 radical (unpaired) electrons. The fourth-order valence-corrected chi connectivity index (χ4v) is 3.40. The molecular weight excluding hydrogens is 292 g/mol. The van der Waals surface area contributed by atoms with Crippen LogP contribution in [-0.2, 0) is 11.2 Å². The molecule has 2 unspecified atom stereocenters. The molecule has 1 aromatic heterocycles. The van der Waals surface area contributed by atoms with Gasteiger partial charge in [0.2, 0.25) is 5.91 Å². The highest BCUT2D eigenvalue weighted by atomic mass is 16.5. The van der Waals surface area contributed by atoms with Gasteiger partial charge >= 0.3 is 0 Å². The summed E-state index contributed by atoms with van der Waals surface area (Å²) < 4.78 is 10.8. The number of piperidine rings is 1. The zero-order valence-electron chi connectivity index (χ0n) is 13.7. The molecule has 2 aromatic rings. The van der Waals surface area contributed by atoms with E-state index in [0.29, 0.717) is 18.9 Å². The van der Waals surface area contributed by atoms with Crippen LogP contribution in [0.3, 0.4) is 0 Å². The van der Waals surface area contributed by atoms with Crippen LogP contribution in [0.4, 0.5) is 0 Å². The molecule has 23 heavy (non-hydrogen) atoms. The number of nitrogens with two attached hydrogens (primary N) is 1. The molecule has 1 amide bonds. The monoisotopic (exact) mass is 316 g/mol. The van der Waals surface area contributed by atoms with Crippen molar-refractivity contribution in [2.75, 3.05) is 20.2 Å². The largest absolute Gasteiger partial charge is 0.497 e. The van der Waals surface area contributed by atoms with Crippen LogP contribution in [0.15, 0.2) is 28.9 Å². The number of ether oxygens (including phenoxy) is 1. The highest BCUT2D eigenvalue weighted by Gasteiger charge is 2.29. The number of amides is 1. The van der Waals surface area contributed by atoms with Gasteiger partial charge in [-0.3, -0.25) is 4.79 Å². The third-order valence-corrected chi connectivity index (χ3v) is 4.78. The van der Waals surface area contributed by atoms with Gasteiger partial charge in [0.15, 0.2) is 0 Å². The molecule has 3 rings (SSSR count). The van der Waals surface area contributed by atoms with Gasteiger partial charge in [-0.15, -0.1) is 0 Å². The molecule has 1 saturated heterocycles. The van der Waals surface area contributed by atoms with E-state index in [1.807, 2.05) is 23.1 Å². The summed E-state index contributed by atoms with van der Waals surface area (Å²) in [6, 6.07) is 5.83. The Kier molecular flexibility index (Phi) is 4.57. The molecule has 2 atom stereocenters. The molecule has 2 heterocycles. The minimum atomic E-state index is 0.130. The average molecular weight is 316 g/mol. The molecule has 5 heteroatoms. The average Bonchev–Trinajstić information content (AvgIpc) is 2.96. The van der Waals surface area contributed by atoms with E-state index < -0.39 is 0 Å². The lowest BCUT2D eigenvalue weighted by Crippen LogP contribution is -2.49. The zero-order valence-corrected chi connectivity index (χ0v) is 13.7. The lowest BCUT2D eigenvalue weighted by Gasteiger charge is -2.38. The van der Waals surface area contributed by atoms with E-state index in [1.54, 1.807) is 13.4 Å². The molecule has 124 valence electrons. The summed E-state index contributed by atoms with van der Waals surface area (Å²) in [6.07, 6.45) is 4.06. The number of carbonyl (C=O) groups is 1. The minimum absolute atomic E-state index is 0.130. The maximum absolute atomic E-state index is 12.7. The summed E-state index contributed by atoms with van der Waals surface area (Å²) in [6.45, 7) is 3.55. The summed E-state index contributed by atoms with van der Waals surface area (Å²) in [5.41, 5.74) is 7.53. The maximum Gasteiger partial charge on any atom is 0.227 e. The minimum Gasteiger partial charge on any atom is -0.497 e. The van der Waals surface area contributed by atoms with Gasteiger partial charge in [0.05, 0.1) is 19.8 Å². The Morgan fingerprint density at radius 3 is 3.04 bits per heavy atom. The van der Waals surface area contributed by atoms with Crippen molar-refractivity contribution >= 4 is 16.9 Å². The van der Waals surface area contributed by atoms with Gasteiger partial charge in [0.25, 0.3) is 0 Å². The highest BCUT2D eigenvalue weighted by Crippen LogP contribution is 2.27. The van der Waals surface area contributed by atoms with E-state index >= 15 is 0 Å². The van der Waals surface area contributed by atoms with Crippen molar-refractivity contribution in [2.24, 2.45) is 11.7 Å². The van der Waals surface area contributed by atoms with Crippen LogP contribution in [0.25, 0.3) is 11.0 Å². The van der Waals surface area contributed by atoms with Crippen molar-refractivity contribution in [2.45, 2.75) is 32.2 Å². The quantitative estimate of drug-likeness (QED) is 0.941. The van der Waals surface area contributed by atoms with Gasteiger partial charge in [0.1, 0.15) is 11.3 Å². The molecular formula is C18H24N2O3. The van der Waals surface area contributed by atoms with Crippen LogP contribution in [0.5, 0.6) is 5.75 Å². The van der Waals surface area contributed by atoms with Crippen LogP contribution in [-0.4, -0.2) is 37.0 Å². The smallest absolute Gasteiger partial charge is 0.227 e. The molecule has 0 saturated carbocycles. The van der Waals surface area contributed by atoms with E-state index in [2.05, 4.69) is 6.92 Å². The van der Waals surface area contributed by atoms with Crippen LogP contribution in [0.2, 0.25) is 0 Å². The Morgan fingerprint density at radius 2 is 2.30 bits per heavy atom. The Hall–Kier alpha value is -2.01. The first-order valence-corrected chi connectivity index (χ1v) is 8.16. The summed E-state index contributed by atoms with van der Waals surface area (Å²) >= 11 is 0. The fourth-order valence-electron chi connectivity index (χ4n) is 3.40. The SMILES string of the molecule is COc1ccc2c(CC(=O)N3CCC(C)CC3CN)coc2c1. The van der Waals surface area contributed by atoms with Gasteiger partial charge in [0, 0.05) is 36.1 Å². The van der Waals surface area contributed by atoms with Crippen molar-refractivity contribution in [3.05, 3.63) is 30.0 Å². The molecule has 1 aromatic carbocycles. The van der Waals surface area contributed by atoms with Crippen LogP contribution < -0.4 is 10.5 Å². The topological polar surface area (TPSA) is 68.7 Å². The molecule has 1 aliphatic heterocycles. The number of hydrogen-bond donors (Lipinski definition) is 1. The maximum atomic E-state index is 12.7. The van der Waals surface area contributed by atoms with E-state index in [0.717, 1.165) is 41.7 Å². The van der Waals surface area contributed by atoms with E-state index in [9.17, 15) is 4.79 Å². The first kappa shape index (κ1) is 15.9. The lowest BCUT2D eigenvalue weighted by atomic mass is 9.92. The molecule has 2 N–H and O–H groups in total. The third kappa shape index (κ3) is 3.20. The predicted octanol–water partition coefficient (Wildman–Crippen LogP) is 2.57. The molecule has 0 spiro atoms. The number of rotatable bonds is 4. The van der Waals surface area contributed by atoms with Gasteiger partial charge in [-0.05, 0) is 30.9 Å². The van der Waals surface area contributed by atoms with Crippen molar-refractivity contribution in [1.82, 2.24) is 4.90 Å². The predicted molar refractivity (Wildman–Crippen MR) is 89.4 cm³/mol. The molecule has 1 aliphatic rings. The van der Waals surface area contributed by atoms with Crippen LogP contribution in [0.1, 0.15) is 25.3 Å². The molecule has 5 nitrogen and oxygen atoms in total. The number of carbonyl (C=O) groups excluding carboxylic acids is 1. The first-order valence-electron chi connectivity index (χ1n) is 8.16. The first-order chi connectivity index (χ1) is 11.1. The van der Waals surface area contributed by atoms with Crippen molar-refractivity contribution in [3.8, 4) is 5.75 Å². The van der Waals surface area contributed by atoms with Crippen molar-refractivity contribution < 1.29 is 13.9 Å². The number of benzene rings is 1. The second-order valence-electron chi connectivity index (χ2n) is 6.41. The van der Waals surface area contributed by atoms with E-state index in [4.69, 9.17) is 14.9 Å². The van der Waals surface area contributed by atoms with Gasteiger partial charge < -0.3 is 19.8 Å². The van der Waals surface area contributed by atoms with E-state index in [1.165, 1.54) is 0 Å². The number of methoxy groups -OCH3 is 1. The normalized spacial score (nSPS) is 21.6. The molecule has 0 aliphatic carbocycles. The van der Waals surface area contributed by atoms with Crippen molar-refractivity contribution in [3.63, 3.8) is 0 Å². The van der Waals surface area contributed by atoms with Gasteiger partial charge in [-0.2, -0.15) is 0 Å². The molecule has 0 bridgehead atoms. The van der Waals surface area contributed by atoms with Gasteiger partial charge in [-0.25, -0.2) is 0 Å². The summed E-state index contributed by atoms with van der Waals surface area (Å²) in [5, 5.41) is 0.967. The Bertz CT molecular complexity index is 695. The summed E-state index contributed by atoms with van der Waals surface area (Å²) in [4.78, 5) is 14.7. The number of likely N-dealkylation sites (tertiary alicyclic amines) is 1. The number of furan rings is 1. The van der Waals surface area contributed by atoms with Gasteiger partial charge in [-0.1, -0.05) is 6.92 Å². The Morgan fingerprint density at radius 1 is 1.48 bits per heavy atom. The summed E-state index contributed by atoms with van der Waals surface area (Å²) in [7, 11) is 1.62. The van der Waals surface area contributed by atoms with Crippen molar-refractivity contribution in [1.29, 1.82) is 0 Å². The van der Waals surface area contributed by atoms with Crippen LogP contribution in [0, 0.1) is 5.92 Å². The zero-order chi connectivity index (χ0) is 16.4. The second kappa shape index (κ2) is 6.62. The third-order valence-electron chi connectivity index (χ3n) is 4.78. The number of nitrogens with zero attached hydrogens (tertiary/aromatic N) is 1.